The van der Waals surface area contributed by atoms with Gasteiger partial charge in [0.1, 0.15) is 0 Å². The minimum absolute atomic E-state index is 3.03. The van der Waals surface area contributed by atoms with Gasteiger partial charge in [-0.25, -0.2) is 0 Å². The van der Waals surface area contributed by atoms with E-state index in [2.05, 4.69) is 15.6 Å². The van der Waals surface area contributed by atoms with Gasteiger partial charge >= 0.3 is 24.7 Å². The predicted molar refractivity (Wildman–Crippen MR) is 23.6 cm³/mol. The van der Waals surface area contributed by atoms with Crippen LogP contribution in [0.15, 0.2) is 0 Å². The van der Waals surface area contributed by atoms with Crippen LogP contribution in [0.1, 0.15) is 0 Å². The average Bonchev–Trinajstić information content (AvgIpc) is 1.41. The largest absolute Gasteiger partial charge is 0.761 e. The van der Waals surface area contributed by atoms with E-state index in [9.17, 15) is 0 Å². The van der Waals surface area contributed by atoms with Crippen molar-refractivity contribution >= 4 is 24.7 Å². The Kier molecular flexibility index (Phi) is 14.1. The monoisotopic (exact) mass is 120 g/mol. The van der Waals surface area contributed by atoms with Crippen molar-refractivity contribution in [2.45, 2.75) is 0 Å². The van der Waals surface area contributed by atoms with Crippen molar-refractivity contribution in [1.82, 2.24) is 0 Å². The quantitative estimate of drug-likeness (QED) is 0.314. The Hall–Kier alpha value is 0.112. The van der Waals surface area contributed by atoms with Crippen LogP contribution in [0.4, 0.5) is 0 Å². The third kappa shape index (κ3) is 3180. The smallest absolute Gasteiger partial charge is 0.511 e. The summed E-state index contributed by atoms with van der Waals surface area (Å²) in [6.07, 6.45) is 0. The van der Waals surface area contributed by atoms with Gasteiger partial charge in [0.2, 0.25) is 0 Å². The van der Waals surface area contributed by atoms with E-state index in [0.717, 1.165) is 0 Å². The van der Waals surface area contributed by atoms with Crippen LogP contribution >= 0.6 is 8.56 Å². The Labute approximate surface area is 39.7 Å². The summed E-state index contributed by atoms with van der Waals surface area (Å²) < 4.78 is 8.74. The summed E-state index contributed by atoms with van der Waals surface area (Å²) in [5.41, 5.74) is 0. The molecule has 0 fully saturated rings. The van der Waals surface area contributed by atoms with E-state index in [0.29, 0.717) is 0 Å². The van der Waals surface area contributed by atoms with Crippen LogP contribution in [-0.2, 0) is 4.46 Å². The maximum atomic E-state index is 8.74. The molecule has 0 spiro atoms. The van der Waals surface area contributed by atoms with Crippen LogP contribution in [0, 0.1) is 0 Å². The molecule has 32 valence electrons. The molecule has 0 radical (unpaired) electrons. The minimum Gasteiger partial charge on any atom is -0.511 e. The third-order valence-corrected chi connectivity index (χ3v) is 0. The van der Waals surface area contributed by atoms with Crippen molar-refractivity contribution < 1.29 is 14.1 Å². The van der Waals surface area contributed by atoms with Crippen molar-refractivity contribution in [3.05, 3.63) is 0 Å². The van der Waals surface area contributed by atoms with Gasteiger partial charge in [-0.15, -0.1) is 0 Å². The SMILES string of the molecule is B#P.O=[Si](O)O. The minimum atomic E-state index is -3.13. The van der Waals surface area contributed by atoms with Gasteiger partial charge in [0.15, 0.2) is 0 Å². The molecular formula is H2BO3PSi. The fraction of sp³-hybridized carbons (Fsp3) is 0. The molecule has 0 aliphatic rings. The number of hydrogen-bond donors (Lipinski definition) is 2. The van der Waals surface area contributed by atoms with Crippen LogP contribution in [-0.4, -0.2) is 25.8 Å². The molecule has 6 heteroatoms. The topological polar surface area (TPSA) is 57.5 Å². The first-order valence-corrected chi connectivity index (χ1v) is 2.73. The molecule has 0 bridgehead atoms. The summed E-state index contributed by atoms with van der Waals surface area (Å²) in [7, 11) is 4.09. The molecule has 0 heterocycles. The van der Waals surface area contributed by atoms with E-state index in [-0.39, 0.29) is 0 Å². The summed E-state index contributed by atoms with van der Waals surface area (Å²) in [6, 6.07) is 0. The Morgan fingerprint density at radius 1 is 1.50 bits per heavy atom. The molecule has 2 N–H and O–H groups in total. The number of rotatable bonds is 0. The molecule has 0 saturated carbocycles. The van der Waals surface area contributed by atoms with Crippen molar-refractivity contribution in [2.24, 2.45) is 0 Å². The zero-order chi connectivity index (χ0) is 5.58. The Morgan fingerprint density at radius 3 is 1.50 bits per heavy atom. The van der Waals surface area contributed by atoms with Gasteiger partial charge < -0.3 is 9.59 Å². The molecule has 6 heavy (non-hydrogen) atoms. The zero-order valence-electron chi connectivity index (χ0n) is 2.83. The molecule has 0 aliphatic carbocycles. The molecule has 0 atom stereocenters. The first-order valence-electron chi connectivity index (χ1n) is 0.910. The van der Waals surface area contributed by atoms with Crippen LogP contribution in [0.3, 0.4) is 0 Å². The van der Waals surface area contributed by atoms with Crippen molar-refractivity contribution in [2.75, 3.05) is 0 Å². The average molecular weight is 120 g/mol. The molecular weight excluding hydrogens is 118 g/mol. The summed E-state index contributed by atoms with van der Waals surface area (Å²) in [4.78, 5) is 14.3. The maximum absolute atomic E-state index is 8.74. The van der Waals surface area contributed by atoms with Crippen LogP contribution in [0.5, 0.6) is 0 Å². The Balaban J connectivity index is 0. The standard InChI is InChI=1S/BP.H2O3Si/c1-2;1-4(2)3/h;1-2H. The molecule has 0 aliphatic heterocycles. The fourth-order valence-electron chi connectivity index (χ4n) is 0. The molecule has 0 aromatic heterocycles. The normalized spacial score (nSPS) is 4.83. The van der Waals surface area contributed by atoms with E-state index in [4.69, 9.17) is 14.1 Å². The van der Waals surface area contributed by atoms with Crippen LogP contribution in [0.2, 0.25) is 0 Å². The fourth-order valence-corrected chi connectivity index (χ4v) is 0. The molecule has 0 rings (SSSR count). The van der Waals surface area contributed by atoms with Crippen molar-refractivity contribution in [3.63, 3.8) is 0 Å². The van der Waals surface area contributed by atoms with Gasteiger partial charge in [0.05, 0.1) is 0 Å². The molecule has 3 nitrogen and oxygen atoms in total. The summed E-state index contributed by atoms with van der Waals surface area (Å²) in [5.74, 6) is 0. The first kappa shape index (κ1) is 9.45. The number of hydrogen-bond acceptors (Lipinski definition) is 1. The van der Waals surface area contributed by atoms with E-state index >= 15 is 0 Å². The molecule has 0 aromatic carbocycles. The maximum Gasteiger partial charge on any atom is 0.761 e. The summed E-state index contributed by atoms with van der Waals surface area (Å²) in [5, 5.41) is 0. The first-order chi connectivity index (χ1) is 2.73. The molecule has 0 aromatic rings. The predicted octanol–water partition coefficient (Wildman–Crippen LogP) is -1.13. The summed E-state index contributed by atoms with van der Waals surface area (Å²) >= 11 is 0. The van der Waals surface area contributed by atoms with Gasteiger partial charge in [-0.3, -0.25) is 4.46 Å². The molecule has 0 unspecified atom stereocenters. The van der Waals surface area contributed by atoms with E-state index in [1.807, 2.05) is 0 Å². The second-order valence-electron chi connectivity index (χ2n) is 0.283. The van der Waals surface area contributed by atoms with Crippen LogP contribution < -0.4 is 0 Å². The summed E-state index contributed by atoms with van der Waals surface area (Å²) in [6.45, 7) is 0. The van der Waals surface area contributed by atoms with Gasteiger partial charge in [0, 0.05) is 0 Å². The van der Waals surface area contributed by atoms with E-state index in [1.54, 1.807) is 0 Å². The van der Waals surface area contributed by atoms with E-state index in [1.165, 1.54) is 0 Å². The second kappa shape index (κ2) is 8.93. The van der Waals surface area contributed by atoms with Crippen molar-refractivity contribution in [1.29, 1.82) is 0 Å². The Bertz CT molecular complexity index is 55.1. The van der Waals surface area contributed by atoms with Gasteiger partial charge in [-0.05, 0) is 0 Å². The zero-order valence-corrected chi connectivity index (χ0v) is 4.72. The van der Waals surface area contributed by atoms with Gasteiger partial charge in [-0.2, -0.15) is 0 Å². The van der Waals surface area contributed by atoms with Gasteiger partial charge in [0.25, 0.3) is 0 Å². The third-order valence-electron chi connectivity index (χ3n) is 0. The van der Waals surface area contributed by atoms with Crippen molar-refractivity contribution in [3.8, 4) is 0 Å². The van der Waals surface area contributed by atoms with E-state index < -0.39 is 9.17 Å². The van der Waals surface area contributed by atoms with Crippen LogP contribution in [0.25, 0.3) is 0 Å². The Morgan fingerprint density at radius 2 is 1.50 bits per heavy atom. The molecule has 0 saturated heterocycles. The second-order valence-corrected chi connectivity index (χ2v) is 0.848. The molecule has 0 amide bonds. The van der Waals surface area contributed by atoms with Gasteiger partial charge in [-0.1, -0.05) is 0 Å².